The summed E-state index contributed by atoms with van der Waals surface area (Å²) in [5.41, 5.74) is 8.63. The molecule has 0 aliphatic carbocycles. The summed E-state index contributed by atoms with van der Waals surface area (Å²) < 4.78 is 16.9. The van der Waals surface area contributed by atoms with Crippen LogP contribution in [0.2, 0.25) is 5.02 Å². The van der Waals surface area contributed by atoms with Gasteiger partial charge in [-0.2, -0.15) is 0 Å². The van der Waals surface area contributed by atoms with E-state index in [0.29, 0.717) is 11.6 Å². The lowest BCUT2D eigenvalue weighted by molar-refractivity contribution is 0.242. The van der Waals surface area contributed by atoms with Gasteiger partial charge in [0.05, 0.1) is 14.2 Å². The van der Waals surface area contributed by atoms with E-state index in [1.54, 1.807) is 20.3 Å². The second kappa shape index (κ2) is 6.07. The summed E-state index contributed by atoms with van der Waals surface area (Å²) in [6.45, 7) is 0.475. The van der Waals surface area contributed by atoms with Gasteiger partial charge in [0.1, 0.15) is 23.4 Å². The Morgan fingerprint density at radius 3 is 2.68 bits per heavy atom. The minimum Gasteiger partial charge on any atom is -0.497 e. The van der Waals surface area contributed by atoms with E-state index in [1.807, 2.05) is 24.3 Å². The number of hydrogen-bond acceptors (Lipinski definition) is 4. The number of nitrogens with two attached hydrogens (primary N) is 1. The molecule has 116 valence electrons. The van der Waals surface area contributed by atoms with Crippen molar-refractivity contribution in [2.45, 2.75) is 12.5 Å². The lowest BCUT2D eigenvalue weighted by Crippen LogP contribution is -2.24. The second-order valence-corrected chi connectivity index (χ2v) is 5.62. The maximum atomic E-state index is 6.16. The number of methoxy groups -OCH3 is 2. The van der Waals surface area contributed by atoms with Gasteiger partial charge in [0, 0.05) is 34.7 Å². The van der Waals surface area contributed by atoms with Crippen molar-refractivity contribution in [3.8, 4) is 28.4 Å². The molecule has 0 amide bonds. The number of ether oxygens (including phenoxy) is 3. The molecule has 1 unspecified atom stereocenters. The Hall–Kier alpha value is -1.91. The van der Waals surface area contributed by atoms with E-state index < -0.39 is 0 Å². The van der Waals surface area contributed by atoms with Crippen molar-refractivity contribution in [1.82, 2.24) is 0 Å². The summed E-state index contributed by atoms with van der Waals surface area (Å²) in [7, 11) is 3.29. The molecule has 0 radical (unpaired) electrons. The molecule has 0 fully saturated rings. The zero-order valence-electron chi connectivity index (χ0n) is 12.6. The Labute approximate surface area is 134 Å². The van der Waals surface area contributed by atoms with Crippen molar-refractivity contribution in [1.29, 1.82) is 0 Å². The minimum atomic E-state index is -0.00830. The quantitative estimate of drug-likeness (QED) is 0.939. The molecule has 3 rings (SSSR count). The number of fused-ring (bicyclic) bond motifs is 1. The molecule has 1 heterocycles. The van der Waals surface area contributed by atoms with E-state index in [4.69, 9.17) is 31.5 Å². The maximum Gasteiger partial charge on any atom is 0.131 e. The summed E-state index contributed by atoms with van der Waals surface area (Å²) in [6, 6.07) is 9.44. The first-order valence-electron chi connectivity index (χ1n) is 7.07. The molecule has 0 saturated carbocycles. The van der Waals surface area contributed by atoms with Crippen LogP contribution in [0.15, 0.2) is 30.3 Å². The average Bonchev–Trinajstić information content (AvgIpc) is 2.96. The molecule has 1 aliphatic rings. The third-order valence-corrected chi connectivity index (χ3v) is 4.06. The summed E-state index contributed by atoms with van der Waals surface area (Å²) in [5.74, 6) is 2.34. The van der Waals surface area contributed by atoms with Crippen LogP contribution >= 0.6 is 11.6 Å². The van der Waals surface area contributed by atoms with E-state index in [1.165, 1.54) is 0 Å². The van der Waals surface area contributed by atoms with Crippen LogP contribution in [0.3, 0.4) is 0 Å². The SMILES string of the molecule is COc1cc2c(c(-c3cc(Cl)ccc3OC)c1)OC(CN)C2. The topological polar surface area (TPSA) is 53.7 Å². The Bertz CT molecular complexity index is 703. The third kappa shape index (κ3) is 2.60. The van der Waals surface area contributed by atoms with E-state index in [2.05, 4.69) is 0 Å². The number of rotatable bonds is 4. The van der Waals surface area contributed by atoms with Crippen molar-refractivity contribution in [3.63, 3.8) is 0 Å². The molecule has 0 spiro atoms. The molecule has 2 aromatic rings. The normalized spacial score (nSPS) is 16.1. The second-order valence-electron chi connectivity index (χ2n) is 5.19. The lowest BCUT2D eigenvalue weighted by atomic mass is 9.99. The molecular formula is C17H18ClNO3. The molecule has 22 heavy (non-hydrogen) atoms. The van der Waals surface area contributed by atoms with Crippen molar-refractivity contribution in [3.05, 3.63) is 40.9 Å². The molecule has 0 bridgehead atoms. The van der Waals surface area contributed by atoms with Crippen LogP contribution in [0.25, 0.3) is 11.1 Å². The van der Waals surface area contributed by atoms with Crippen LogP contribution < -0.4 is 19.9 Å². The third-order valence-electron chi connectivity index (χ3n) is 3.82. The van der Waals surface area contributed by atoms with Crippen LogP contribution in [-0.2, 0) is 6.42 Å². The number of hydrogen-bond donors (Lipinski definition) is 1. The van der Waals surface area contributed by atoms with Crippen LogP contribution in [0.1, 0.15) is 5.56 Å². The zero-order valence-corrected chi connectivity index (χ0v) is 13.3. The number of halogens is 1. The van der Waals surface area contributed by atoms with Crippen molar-refractivity contribution in [2.75, 3.05) is 20.8 Å². The van der Waals surface area contributed by atoms with Gasteiger partial charge in [0.25, 0.3) is 0 Å². The first-order valence-corrected chi connectivity index (χ1v) is 7.45. The van der Waals surface area contributed by atoms with Crippen molar-refractivity contribution in [2.24, 2.45) is 5.73 Å². The molecule has 4 nitrogen and oxygen atoms in total. The lowest BCUT2D eigenvalue weighted by Gasteiger charge is -2.15. The predicted octanol–water partition coefficient (Wildman–Crippen LogP) is 3.29. The van der Waals surface area contributed by atoms with Crippen LogP contribution in [-0.4, -0.2) is 26.9 Å². The molecule has 5 heteroatoms. The van der Waals surface area contributed by atoms with Crippen molar-refractivity contribution < 1.29 is 14.2 Å². The first kappa shape index (κ1) is 15.0. The van der Waals surface area contributed by atoms with E-state index in [-0.39, 0.29) is 6.10 Å². The van der Waals surface area contributed by atoms with Gasteiger partial charge in [-0.1, -0.05) is 11.6 Å². The fourth-order valence-corrected chi connectivity index (χ4v) is 2.92. The van der Waals surface area contributed by atoms with Gasteiger partial charge in [0.2, 0.25) is 0 Å². The Morgan fingerprint density at radius 2 is 2.00 bits per heavy atom. The summed E-state index contributed by atoms with van der Waals surface area (Å²) in [4.78, 5) is 0. The zero-order chi connectivity index (χ0) is 15.7. The van der Waals surface area contributed by atoms with E-state index in [0.717, 1.165) is 40.4 Å². The molecule has 0 aromatic heterocycles. The first-order chi connectivity index (χ1) is 10.7. The monoisotopic (exact) mass is 319 g/mol. The fraction of sp³-hybridized carbons (Fsp3) is 0.294. The maximum absolute atomic E-state index is 6.16. The minimum absolute atomic E-state index is 0.00830. The Kier molecular flexibility index (Phi) is 4.14. The summed E-state index contributed by atoms with van der Waals surface area (Å²) in [6.07, 6.45) is 0.768. The highest BCUT2D eigenvalue weighted by molar-refractivity contribution is 6.31. The van der Waals surface area contributed by atoms with Crippen LogP contribution in [0.4, 0.5) is 0 Å². The van der Waals surface area contributed by atoms with Gasteiger partial charge in [-0.05, 0) is 30.3 Å². The molecular weight excluding hydrogens is 302 g/mol. The van der Waals surface area contributed by atoms with Gasteiger partial charge in [-0.25, -0.2) is 0 Å². The van der Waals surface area contributed by atoms with Crippen LogP contribution in [0.5, 0.6) is 17.2 Å². The highest BCUT2D eigenvalue weighted by Gasteiger charge is 2.27. The van der Waals surface area contributed by atoms with Gasteiger partial charge >= 0.3 is 0 Å². The van der Waals surface area contributed by atoms with Crippen molar-refractivity contribution >= 4 is 11.6 Å². The molecule has 2 aromatic carbocycles. The standard InChI is InChI=1S/C17H18ClNO3/c1-20-12-5-10-6-13(9-19)22-17(10)15(8-12)14-7-11(18)3-4-16(14)21-2/h3-5,7-8,13H,6,9,19H2,1-2H3. The Balaban J connectivity index is 2.19. The summed E-state index contributed by atoms with van der Waals surface area (Å²) in [5, 5.41) is 0.640. The largest absolute Gasteiger partial charge is 0.497 e. The summed E-state index contributed by atoms with van der Waals surface area (Å²) >= 11 is 6.16. The molecule has 1 atom stereocenters. The van der Waals surface area contributed by atoms with E-state index >= 15 is 0 Å². The number of benzene rings is 2. The van der Waals surface area contributed by atoms with Gasteiger partial charge in [-0.15, -0.1) is 0 Å². The molecule has 1 aliphatic heterocycles. The predicted molar refractivity (Wildman–Crippen MR) is 87.2 cm³/mol. The van der Waals surface area contributed by atoms with Gasteiger partial charge in [-0.3, -0.25) is 0 Å². The molecule has 0 saturated heterocycles. The van der Waals surface area contributed by atoms with Gasteiger partial charge < -0.3 is 19.9 Å². The highest BCUT2D eigenvalue weighted by Crippen LogP contribution is 2.45. The van der Waals surface area contributed by atoms with E-state index in [9.17, 15) is 0 Å². The van der Waals surface area contributed by atoms with Crippen LogP contribution in [0, 0.1) is 0 Å². The smallest absolute Gasteiger partial charge is 0.131 e. The highest BCUT2D eigenvalue weighted by atomic mass is 35.5. The van der Waals surface area contributed by atoms with Gasteiger partial charge in [0.15, 0.2) is 0 Å². The fourth-order valence-electron chi connectivity index (χ4n) is 2.74. The average molecular weight is 320 g/mol. The Morgan fingerprint density at radius 1 is 1.18 bits per heavy atom. The molecule has 2 N–H and O–H groups in total.